The number of halogens is 4. The third-order valence-corrected chi connectivity index (χ3v) is 5.37. The second kappa shape index (κ2) is 6.99. The number of imidazole rings is 1. The minimum absolute atomic E-state index is 0.121. The van der Waals surface area contributed by atoms with E-state index in [1.54, 1.807) is 12.1 Å². The van der Waals surface area contributed by atoms with Crippen molar-refractivity contribution < 1.29 is 13.2 Å². The fourth-order valence-electron chi connectivity index (χ4n) is 3.67. The summed E-state index contributed by atoms with van der Waals surface area (Å²) < 4.78 is 40.9. The number of rotatable bonds is 2. The molecule has 8 heteroatoms. The van der Waals surface area contributed by atoms with Crippen LogP contribution in [0.2, 0.25) is 5.02 Å². The molecule has 0 unspecified atom stereocenters. The van der Waals surface area contributed by atoms with Crippen LogP contribution in [0.5, 0.6) is 0 Å². The zero-order valence-electron chi connectivity index (χ0n) is 15.7. The van der Waals surface area contributed by atoms with Crippen LogP contribution in [-0.4, -0.2) is 14.5 Å². The Morgan fingerprint density at radius 2 is 1.68 bits per heavy atom. The maximum Gasteiger partial charge on any atom is 0.416 e. The predicted molar refractivity (Wildman–Crippen MR) is 115 cm³/mol. The van der Waals surface area contributed by atoms with Gasteiger partial charge in [0.1, 0.15) is 0 Å². The molecule has 0 saturated carbocycles. The van der Waals surface area contributed by atoms with Gasteiger partial charge in [0, 0.05) is 10.4 Å². The first kappa shape index (κ1) is 19.4. The van der Waals surface area contributed by atoms with E-state index in [9.17, 15) is 18.0 Å². The number of aromatic amines is 1. The molecule has 0 spiro atoms. The predicted octanol–water partition coefficient (Wildman–Crippen LogP) is 6.21. The first-order chi connectivity index (χ1) is 14.8. The van der Waals surface area contributed by atoms with Crippen molar-refractivity contribution in [2.75, 3.05) is 0 Å². The van der Waals surface area contributed by atoms with Crippen molar-refractivity contribution in [1.29, 1.82) is 0 Å². The summed E-state index contributed by atoms with van der Waals surface area (Å²) in [4.78, 5) is 19.8. The lowest BCUT2D eigenvalue weighted by Crippen LogP contribution is -2.15. The standard InChI is InChI=1S/C23H13ClF3N3O/c24-16-7-4-13(5-8-16)14-6-9-19-18(10-14)21-20(12-28-19)29-22(31)30(21)17-3-1-2-15(11-17)23(25,26)27/h1-12H,(H,29,31). The van der Waals surface area contributed by atoms with Gasteiger partial charge in [0.2, 0.25) is 0 Å². The number of pyridine rings is 1. The van der Waals surface area contributed by atoms with Crippen molar-refractivity contribution in [2.24, 2.45) is 0 Å². The van der Waals surface area contributed by atoms with E-state index in [1.165, 1.54) is 22.9 Å². The topological polar surface area (TPSA) is 50.7 Å². The van der Waals surface area contributed by atoms with E-state index < -0.39 is 17.4 Å². The molecule has 0 amide bonds. The molecule has 2 heterocycles. The molecule has 5 aromatic rings. The van der Waals surface area contributed by atoms with E-state index in [1.807, 2.05) is 30.3 Å². The number of nitrogens with zero attached hydrogens (tertiary/aromatic N) is 2. The summed E-state index contributed by atoms with van der Waals surface area (Å²) in [6, 6.07) is 17.5. The Morgan fingerprint density at radius 1 is 0.935 bits per heavy atom. The third-order valence-electron chi connectivity index (χ3n) is 5.12. The van der Waals surface area contributed by atoms with Gasteiger partial charge in [-0.2, -0.15) is 13.2 Å². The molecule has 2 aromatic heterocycles. The highest BCUT2D eigenvalue weighted by Crippen LogP contribution is 2.32. The van der Waals surface area contributed by atoms with E-state index in [0.717, 1.165) is 23.3 Å². The summed E-state index contributed by atoms with van der Waals surface area (Å²) in [7, 11) is 0. The van der Waals surface area contributed by atoms with Gasteiger partial charge >= 0.3 is 11.9 Å². The van der Waals surface area contributed by atoms with Crippen LogP contribution in [0.3, 0.4) is 0 Å². The summed E-state index contributed by atoms with van der Waals surface area (Å²) in [5.74, 6) is 0. The van der Waals surface area contributed by atoms with Crippen molar-refractivity contribution in [3.8, 4) is 16.8 Å². The van der Waals surface area contributed by atoms with Gasteiger partial charge in [-0.15, -0.1) is 0 Å². The van der Waals surface area contributed by atoms with E-state index in [0.29, 0.717) is 27.0 Å². The van der Waals surface area contributed by atoms with Crippen LogP contribution in [0.25, 0.3) is 38.8 Å². The van der Waals surface area contributed by atoms with Crippen LogP contribution >= 0.6 is 11.6 Å². The van der Waals surface area contributed by atoms with Gasteiger partial charge in [-0.1, -0.05) is 35.9 Å². The summed E-state index contributed by atoms with van der Waals surface area (Å²) in [6.07, 6.45) is -3.01. The average Bonchev–Trinajstić information content (AvgIpc) is 3.10. The van der Waals surface area contributed by atoms with Crippen LogP contribution in [0.4, 0.5) is 13.2 Å². The third kappa shape index (κ3) is 3.37. The molecule has 5 rings (SSSR count). The van der Waals surface area contributed by atoms with Gasteiger partial charge in [0.25, 0.3) is 0 Å². The fraction of sp³-hybridized carbons (Fsp3) is 0.0435. The maximum atomic E-state index is 13.2. The van der Waals surface area contributed by atoms with Gasteiger partial charge in [-0.05, 0) is 53.6 Å². The molecule has 0 aliphatic carbocycles. The molecule has 154 valence electrons. The Labute approximate surface area is 178 Å². The monoisotopic (exact) mass is 439 g/mol. The number of nitrogens with one attached hydrogen (secondary N) is 1. The van der Waals surface area contributed by atoms with E-state index in [-0.39, 0.29) is 5.69 Å². The van der Waals surface area contributed by atoms with Crippen LogP contribution in [0.15, 0.2) is 77.7 Å². The molecule has 0 aliphatic heterocycles. The summed E-state index contributed by atoms with van der Waals surface area (Å²) in [5, 5.41) is 1.25. The molecule has 3 aromatic carbocycles. The highest BCUT2D eigenvalue weighted by Gasteiger charge is 2.30. The Balaban J connectivity index is 1.80. The molecule has 4 nitrogen and oxygen atoms in total. The smallest absolute Gasteiger partial charge is 0.304 e. The zero-order chi connectivity index (χ0) is 21.8. The summed E-state index contributed by atoms with van der Waals surface area (Å²) in [6.45, 7) is 0. The average molecular weight is 440 g/mol. The summed E-state index contributed by atoms with van der Waals surface area (Å²) >= 11 is 5.98. The number of alkyl halides is 3. The SMILES string of the molecule is O=c1[nH]c2cnc3ccc(-c4ccc(Cl)cc4)cc3c2n1-c1cccc(C(F)(F)F)c1. The Morgan fingerprint density at radius 3 is 2.42 bits per heavy atom. The minimum atomic E-state index is -4.52. The largest absolute Gasteiger partial charge is 0.416 e. The molecular formula is C23H13ClF3N3O. The van der Waals surface area contributed by atoms with Crippen LogP contribution in [0.1, 0.15) is 5.56 Å². The Hall–Kier alpha value is -3.58. The lowest BCUT2D eigenvalue weighted by Gasteiger charge is -2.11. The highest BCUT2D eigenvalue weighted by molar-refractivity contribution is 6.30. The number of H-pyrrole nitrogens is 1. The normalized spacial score (nSPS) is 12.0. The highest BCUT2D eigenvalue weighted by atomic mass is 35.5. The molecular weight excluding hydrogens is 427 g/mol. The van der Waals surface area contributed by atoms with Crippen LogP contribution in [-0.2, 0) is 6.18 Å². The maximum absolute atomic E-state index is 13.2. The van der Waals surface area contributed by atoms with Gasteiger partial charge in [0.15, 0.2) is 0 Å². The fourth-order valence-corrected chi connectivity index (χ4v) is 3.80. The van der Waals surface area contributed by atoms with Crippen molar-refractivity contribution in [3.63, 3.8) is 0 Å². The van der Waals surface area contributed by atoms with Gasteiger partial charge < -0.3 is 4.98 Å². The van der Waals surface area contributed by atoms with Crippen molar-refractivity contribution in [1.82, 2.24) is 14.5 Å². The zero-order valence-corrected chi connectivity index (χ0v) is 16.5. The quantitative estimate of drug-likeness (QED) is 0.355. The number of aromatic nitrogens is 3. The van der Waals surface area contributed by atoms with E-state index >= 15 is 0 Å². The Bertz CT molecular complexity index is 1500. The lowest BCUT2D eigenvalue weighted by atomic mass is 10.0. The number of hydrogen-bond acceptors (Lipinski definition) is 2. The molecule has 0 fully saturated rings. The molecule has 0 bridgehead atoms. The van der Waals surface area contributed by atoms with Crippen molar-refractivity contribution in [2.45, 2.75) is 6.18 Å². The van der Waals surface area contributed by atoms with Gasteiger partial charge in [-0.3, -0.25) is 9.55 Å². The van der Waals surface area contributed by atoms with Crippen molar-refractivity contribution in [3.05, 3.63) is 94.0 Å². The van der Waals surface area contributed by atoms with Crippen LogP contribution in [0, 0.1) is 0 Å². The molecule has 0 aliphatic rings. The lowest BCUT2D eigenvalue weighted by molar-refractivity contribution is -0.137. The van der Waals surface area contributed by atoms with Crippen molar-refractivity contribution >= 4 is 33.5 Å². The minimum Gasteiger partial charge on any atom is -0.304 e. The number of benzene rings is 3. The van der Waals surface area contributed by atoms with Gasteiger partial charge in [-0.25, -0.2) is 4.79 Å². The van der Waals surface area contributed by atoms with Gasteiger partial charge in [0.05, 0.1) is 34.0 Å². The molecule has 0 atom stereocenters. The van der Waals surface area contributed by atoms with Crippen LogP contribution < -0.4 is 5.69 Å². The van der Waals surface area contributed by atoms with E-state index in [2.05, 4.69) is 9.97 Å². The van der Waals surface area contributed by atoms with E-state index in [4.69, 9.17) is 11.6 Å². The Kier molecular flexibility index (Phi) is 4.37. The first-order valence-corrected chi connectivity index (χ1v) is 9.66. The first-order valence-electron chi connectivity index (χ1n) is 9.28. The second-order valence-electron chi connectivity index (χ2n) is 7.07. The number of hydrogen-bond donors (Lipinski definition) is 1. The second-order valence-corrected chi connectivity index (χ2v) is 7.51. The molecule has 0 radical (unpaired) electrons. The molecule has 0 saturated heterocycles. The number of fused-ring (bicyclic) bond motifs is 3. The molecule has 31 heavy (non-hydrogen) atoms. The molecule has 1 N–H and O–H groups in total. The summed E-state index contributed by atoms with van der Waals surface area (Å²) in [5.41, 5.74) is 2.04.